The van der Waals surface area contributed by atoms with Crippen LogP contribution in [0.25, 0.3) is 11.0 Å². The van der Waals surface area contributed by atoms with Crippen molar-refractivity contribution in [1.29, 1.82) is 0 Å². The zero-order chi connectivity index (χ0) is 12.4. The molecule has 1 unspecified atom stereocenters. The summed E-state index contributed by atoms with van der Waals surface area (Å²) in [5, 5.41) is 0. The van der Waals surface area contributed by atoms with Crippen molar-refractivity contribution in [3.8, 4) is 0 Å². The maximum atomic E-state index is 5.64. The van der Waals surface area contributed by atoms with Gasteiger partial charge in [-0.25, -0.2) is 4.98 Å². The van der Waals surface area contributed by atoms with E-state index in [-0.39, 0.29) is 0 Å². The smallest absolute Gasteiger partial charge is 0.109 e. The predicted molar refractivity (Wildman–Crippen MR) is 75.0 cm³/mol. The molecule has 4 heteroatoms. The summed E-state index contributed by atoms with van der Waals surface area (Å²) in [6.45, 7) is 2.93. The third-order valence-electron chi connectivity index (χ3n) is 3.20. The minimum absolute atomic E-state index is 0.557. The molecular formula is C13H18BrN3. The average molecular weight is 296 g/mol. The number of aryl methyl sites for hydroxylation is 2. The van der Waals surface area contributed by atoms with Crippen molar-refractivity contribution in [2.45, 2.75) is 19.8 Å². The van der Waals surface area contributed by atoms with Gasteiger partial charge in [0.2, 0.25) is 0 Å². The van der Waals surface area contributed by atoms with Gasteiger partial charge in [-0.15, -0.1) is 0 Å². The second-order valence-corrected chi connectivity index (χ2v) is 5.52. The Morgan fingerprint density at radius 3 is 2.94 bits per heavy atom. The molecule has 0 saturated heterocycles. The molecule has 2 N–H and O–H groups in total. The highest BCUT2D eigenvalue weighted by Gasteiger charge is 2.09. The summed E-state index contributed by atoms with van der Waals surface area (Å²) < 4.78 is 3.25. The number of rotatable bonds is 4. The Kier molecular flexibility index (Phi) is 3.84. The number of imidazole rings is 1. The van der Waals surface area contributed by atoms with E-state index >= 15 is 0 Å². The van der Waals surface area contributed by atoms with Crippen molar-refractivity contribution >= 4 is 27.0 Å². The van der Waals surface area contributed by atoms with E-state index in [1.165, 1.54) is 5.52 Å². The van der Waals surface area contributed by atoms with E-state index in [1.807, 2.05) is 0 Å². The molecule has 0 fully saturated rings. The zero-order valence-electron chi connectivity index (χ0n) is 10.3. The van der Waals surface area contributed by atoms with E-state index in [9.17, 15) is 0 Å². The van der Waals surface area contributed by atoms with Gasteiger partial charge in [0.15, 0.2) is 0 Å². The molecule has 0 spiro atoms. The Balaban J connectivity index is 2.26. The molecule has 1 heterocycles. The Labute approximate surface area is 110 Å². The molecular weight excluding hydrogens is 278 g/mol. The van der Waals surface area contributed by atoms with Gasteiger partial charge in [0.25, 0.3) is 0 Å². The Morgan fingerprint density at radius 1 is 1.47 bits per heavy atom. The first-order valence-corrected chi connectivity index (χ1v) is 6.72. The quantitative estimate of drug-likeness (QED) is 0.943. The molecule has 0 amide bonds. The van der Waals surface area contributed by atoms with Crippen LogP contribution in [-0.4, -0.2) is 16.1 Å². The number of halogens is 1. The van der Waals surface area contributed by atoms with E-state index < -0.39 is 0 Å². The van der Waals surface area contributed by atoms with Crippen LogP contribution >= 0.6 is 15.9 Å². The number of aromatic nitrogens is 2. The molecule has 0 radical (unpaired) electrons. The molecule has 92 valence electrons. The topological polar surface area (TPSA) is 43.8 Å². The van der Waals surface area contributed by atoms with E-state index in [0.717, 1.165) is 35.2 Å². The summed E-state index contributed by atoms with van der Waals surface area (Å²) in [6.07, 6.45) is 2.08. The van der Waals surface area contributed by atoms with Crippen LogP contribution in [0.5, 0.6) is 0 Å². The van der Waals surface area contributed by atoms with Gasteiger partial charge < -0.3 is 10.3 Å². The number of fused-ring (bicyclic) bond motifs is 1. The van der Waals surface area contributed by atoms with Crippen molar-refractivity contribution < 1.29 is 0 Å². The van der Waals surface area contributed by atoms with Gasteiger partial charge in [-0.3, -0.25) is 0 Å². The van der Waals surface area contributed by atoms with Crippen molar-refractivity contribution in [1.82, 2.24) is 9.55 Å². The van der Waals surface area contributed by atoms with Crippen LogP contribution in [0.15, 0.2) is 22.7 Å². The average Bonchev–Trinajstić information content (AvgIpc) is 2.62. The maximum Gasteiger partial charge on any atom is 0.109 e. The lowest BCUT2D eigenvalue weighted by Crippen LogP contribution is -2.12. The maximum absolute atomic E-state index is 5.64. The van der Waals surface area contributed by atoms with Gasteiger partial charge in [-0.05, 0) is 37.1 Å². The Hall–Kier alpha value is -0.870. The molecule has 1 atom stereocenters. The lowest BCUT2D eigenvalue weighted by molar-refractivity contribution is 0.531. The van der Waals surface area contributed by atoms with Crippen LogP contribution < -0.4 is 5.73 Å². The van der Waals surface area contributed by atoms with Crippen molar-refractivity contribution in [2.24, 2.45) is 18.7 Å². The first kappa shape index (κ1) is 12.6. The van der Waals surface area contributed by atoms with Gasteiger partial charge in [-0.2, -0.15) is 0 Å². The van der Waals surface area contributed by atoms with Crippen molar-refractivity contribution in [3.05, 3.63) is 28.5 Å². The minimum atomic E-state index is 0.557. The highest BCUT2D eigenvalue weighted by molar-refractivity contribution is 9.10. The van der Waals surface area contributed by atoms with E-state index in [4.69, 9.17) is 5.73 Å². The molecule has 1 aromatic heterocycles. The number of hydrogen-bond acceptors (Lipinski definition) is 2. The summed E-state index contributed by atoms with van der Waals surface area (Å²) in [5.41, 5.74) is 7.87. The molecule has 0 aliphatic carbocycles. The molecule has 2 rings (SSSR count). The summed E-state index contributed by atoms with van der Waals surface area (Å²) in [5.74, 6) is 1.69. The molecule has 1 aromatic carbocycles. The molecule has 3 nitrogen and oxygen atoms in total. The molecule has 17 heavy (non-hydrogen) atoms. The van der Waals surface area contributed by atoms with Gasteiger partial charge in [-0.1, -0.05) is 22.9 Å². The van der Waals surface area contributed by atoms with Gasteiger partial charge in [0.1, 0.15) is 5.82 Å². The van der Waals surface area contributed by atoms with Crippen LogP contribution in [-0.2, 0) is 13.5 Å². The monoisotopic (exact) mass is 295 g/mol. The predicted octanol–water partition coefficient (Wildman–Crippen LogP) is 2.86. The molecule has 0 bridgehead atoms. The molecule has 0 saturated carbocycles. The van der Waals surface area contributed by atoms with Crippen LogP contribution in [0.1, 0.15) is 19.2 Å². The number of hydrogen-bond donors (Lipinski definition) is 1. The lowest BCUT2D eigenvalue weighted by atomic mass is 10.1. The number of benzene rings is 1. The Morgan fingerprint density at radius 2 is 2.24 bits per heavy atom. The fourth-order valence-corrected chi connectivity index (χ4v) is 2.29. The fraction of sp³-hybridized carbons (Fsp3) is 0.462. The van der Waals surface area contributed by atoms with E-state index in [0.29, 0.717) is 5.92 Å². The normalized spacial score (nSPS) is 13.2. The number of nitrogens with two attached hydrogens (primary N) is 1. The van der Waals surface area contributed by atoms with Crippen LogP contribution in [0.3, 0.4) is 0 Å². The van der Waals surface area contributed by atoms with Gasteiger partial charge >= 0.3 is 0 Å². The largest absolute Gasteiger partial charge is 0.331 e. The van der Waals surface area contributed by atoms with Crippen molar-refractivity contribution in [2.75, 3.05) is 6.54 Å². The fourth-order valence-electron chi connectivity index (χ4n) is 1.94. The second kappa shape index (κ2) is 5.19. The second-order valence-electron chi connectivity index (χ2n) is 4.60. The van der Waals surface area contributed by atoms with Crippen LogP contribution in [0.4, 0.5) is 0 Å². The number of nitrogens with zero attached hydrogens (tertiary/aromatic N) is 2. The summed E-state index contributed by atoms with van der Waals surface area (Å²) in [6, 6.07) is 6.21. The summed E-state index contributed by atoms with van der Waals surface area (Å²) in [4.78, 5) is 4.67. The van der Waals surface area contributed by atoms with Gasteiger partial charge in [0.05, 0.1) is 11.0 Å². The highest BCUT2D eigenvalue weighted by atomic mass is 79.9. The van der Waals surface area contributed by atoms with Gasteiger partial charge in [0, 0.05) is 17.9 Å². The standard InChI is InChI=1S/C13H18BrN3/c1-9(8-15)3-6-13-16-11-7-10(14)4-5-12(11)17(13)2/h4-5,7,9H,3,6,8,15H2,1-2H3. The minimum Gasteiger partial charge on any atom is -0.331 e. The SMILES string of the molecule is CC(CN)CCc1nc2cc(Br)ccc2n1C. The molecule has 2 aromatic rings. The third kappa shape index (κ3) is 2.69. The molecule has 0 aliphatic rings. The Bertz CT molecular complexity index is 519. The summed E-state index contributed by atoms with van der Waals surface area (Å²) in [7, 11) is 2.08. The van der Waals surface area contributed by atoms with Crippen LogP contribution in [0.2, 0.25) is 0 Å². The van der Waals surface area contributed by atoms with E-state index in [2.05, 4.69) is 57.7 Å². The first-order chi connectivity index (χ1) is 8.11. The molecule has 0 aliphatic heterocycles. The lowest BCUT2D eigenvalue weighted by Gasteiger charge is -2.07. The van der Waals surface area contributed by atoms with Crippen LogP contribution in [0, 0.1) is 5.92 Å². The summed E-state index contributed by atoms with van der Waals surface area (Å²) >= 11 is 3.47. The third-order valence-corrected chi connectivity index (χ3v) is 3.69. The van der Waals surface area contributed by atoms with Crippen molar-refractivity contribution in [3.63, 3.8) is 0 Å². The highest BCUT2D eigenvalue weighted by Crippen LogP contribution is 2.21. The van der Waals surface area contributed by atoms with E-state index in [1.54, 1.807) is 0 Å². The zero-order valence-corrected chi connectivity index (χ0v) is 11.9. The first-order valence-electron chi connectivity index (χ1n) is 5.92.